The molecule has 2 heterocycles. The van der Waals surface area contributed by atoms with E-state index in [0.29, 0.717) is 25.6 Å². The molecule has 0 atom stereocenters. The average Bonchev–Trinajstić information content (AvgIpc) is 2.70. The van der Waals surface area contributed by atoms with Crippen LogP contribution in [-0.2, 0) is 4.74 Å². The van der Waals surface area contributed by atoms with E-state index in [4.69, 9.17) is 4.74 Å². The zero-order valence-corrected chi connectivity index (χ0v) is 16.2. The summed E-state index contributed by atoms with van der Waals surface area (Å²) in [6.07, 6.45) is 11.9. The number of rotatable bonds is 7. The van der Waals surface area contributed by atoms with Crippen LogP contribution in [-0.4, -0.2) is 53.2 Å². The molecule has 2 aliphatic rings. The number of aromatic nitrogens is 2. The van der Waals surface area contributed by atoms with E-state index in [-0.39, 0.29) is 12.1 Å². The second-order valence-electron chi connectivity index (χ2n) is 7.15. The lowest BCUT2D eigenvalue weighted by molar-refractivity contribution is 0.0983. The Morgan fingerprint density at radius 3 is 2.93 bits per heavy atom. The highest BCUT2D eigenvalue weighted by molar-refractivity contribution is 5.67. The second kappa shape index (κ2) is 10.1. The Hall–Kier alpha value is -2.31. The van der Waals surface area contributed by atoms with Gasteiger partial charge in [-0.15, -0.1) is 0 Å². The molecule has 2 N–H and O–H groups in total. The van der Waals surface area contributed by atoms with Crippen molar-refractivity contribution in [3.8, 4) is 0 Å². The van der Waals surface area contributed by atoms with Crippen LogP contribution in [0.5, 0.6) is 0 Å². The van der Waals surface area contributed by atoms with Crippen molar-refractivity contribution < 1.29 is 9.53 Å². The molecular weight excluding hydrogens is 342 g/mol. The molecule has 1 amide bonds. The molecule has 1 aromatic rings. The lowest BCUT2D eigenvalue weighted by Gasteiger charge is -2.31. The minimum Gasteiger partial charge on any atom is -0.450 e. The normalized spacial score (nSPS) is 18.0. The molecule has 148 valence electrons. The topological polar surface area (TPSA) is 79.4 Å². The molecule has 1 aromatic heterocycles. The van der Waals surface area contributed by atoms with Crippen molar-refractivity contribution in [1.82, 2.24) is 14.9 Å². The van der Waals surface area contributed by atoms with E-state index in [1.54, 1.807) is 16.7 Å². The average molecular weight is 374 g/mol. The van der Waals surface area contributed by atoms with Gasteiger partial charge in [-0.05, 0) is 57.9 Å². The smallest absolute Gasteiger partial charge is 0.409 e. The van der Waals surface area contributed by atoms with Gasteiger partial charge in [-0.2, -0.15) is 4.98 Å². The number of hydrogen-bond donors (Lipinski definition) is 2. The summed E-state index contributed by atoms with van der Waals surface area (Å²) in [6, 6.07) is 2.18. The Kier molecular flexibility index (Phi) is 7.30. The van der Waals surface area contributed by atoms with E-state index in [1.165, 1.54) is 25.7 Å². The molecule has 7 nitrogen and oxygen atoms in total. The van der Waals surface area contributed by atoms with Gasteiger partial charge in [0.25, 0.3) is 0 Å². The van der Waals surface area contributed by atoms with Gasteiger partial charge in [-0.3, -0.25) is 0 Å². The number of nitrogens with zero attached hydrogens (tertiary/aromatic N) is 3. The fraction of sp³-hybridized carbons (Fsp3) is 0.650. The van der Waals surface area contributed by atoms with Crippen molar-refractivity contribution in [3.63, 3.8) is 0 Å². The molecule has 0 bridgehead atoms. The summed E-state index contributed by atoms with van der Waals surface area (Å²) in [4.78, 5) is 22.4. The first-order valence-electron chi connectivity index (χ1n) is 10.2. The zero-order chi connectivity index (χ0) is 18.9. The molecule has 1 saturated heterocycles. The molecule has 7 heteroatoms. The third-order valence-corrected chi connectivity index (χ3v) is 5.15. The maximum atomic E-state index is 11.8. The number of allylic oxidation sites excluding steroid dienone is 1. The third kappa shape index (κ3) is 6.12. The van der Waals surface area contributed by atoms with E-state index in [2.05, 4.69) is 26.7 Å². The summed E-state index contributed by atoms with van der Waals surface area (Å²) >= 11 is 0. The maximum Gasteiger partial charge on any atom is 0.409 e. The number of nitrogens with one attached hydrogen (secondary N) is 2. The van der Waals surface area contributed by atoms with Gasteiger partial charge >= 0.3 is 6.09 Å². The number of hydrogen-bond acceptors (Lipinski definition) is 6. The van der Waals surface area contributed by atoms with Gasteiger partial charge in [0.15, 0.2) is 0 Å². The van der Waals surface area contributed by atoms with E-state index < -0.39 is 0 Å². The molecule has 0 unspecified atom stereocenters. The summed E-state index contributed by atoms with van der Waals surface area (Å²) in [5, 5.41) is 6.80. The van der Waals surface area contributed by atoms with Gasteiger partial charge in [-0.1, -0.05) is 11.6 Å². The van der Waals surface area contributed by atoms with Crippen molar-refractivity contribution in [2.45, 2.75) is 57.9 Å². The number of likely N-dealkylation sites (tertiary alicyclic amines) is 1. The van der Waals surface area contributed by atoms with Crippen molar-refractivity contribution in [2.24, 2.45) is 0 Å². The summed E-state index contributed by atoms with van der Waals surface area (Å²) < 4.78 is 5.06. The van der Waals surface area contributed by atoms with Crippen LogP contribution in [0.15, 0.2) is 23.9 Å². The van der Waals surface area contributed by atoms with Crippen LogP contribution in [0.4, 0.5) is 16.6 Å². The largest absolute Gasteiger partial charge is 0.450 e. The first-order valence-corrected chi connectivity index (χ1v) is 10.2. The minimum atomic E-state index is -0.216. The standard InChI is InChI=1S/C20H31N5O2/c1-2-27-20(26)25-14-10-17(11-15-25)23-19-22-13-9-18(24-19)21-12-8-16-6-4-3-5-7-16/h6,9,13,17H,2-5,7-8,10-12,14-15H2,1H3,(H2,21,22,23,24). The lowest BCUT2D eigenvalue weighted by Crippen LogP contribution is -2.42. The van der Waals surface area contributed by atoms with Gasteiger partial charge in [0.05, 0.1) is 6.61 Å². The predicted octanol–water partition coefficient (Wildman–Crippen LogP) is 3.81. The quantitative estimate of drug-likeness (QED) is 0.708. The Labute approximate surface area is 161 Å². The monoisotopic (exact) mass is 373 g/mol. The molecule has 1 aliphatic carbocycles. The number of amides is 1. The van der Waals surface area contributed by atoms with Crippen LogP contribution in [0.2, 0.25) is 0 Å². The van der Waals surface area contributed by atoms with E-state index >= 15 is 0 Å². The highest BCUT2D eigenvalue weighted by Gasteiger charge is 2.23. The van der Waals surface area contributed by atoms with Crippen LogP contribution >= 0.6 is 0 Å². The summed E-state index contributed by atoms with van der Waals surface area (Å²) in [7, 11) is 0. The first-order chi connectivity index (χ1) is 13.2. The molecule has 27 heavy (non-hydrogen) atoms. The lowest BCUT2D eigenvalue weighted by atomic mass is 9.97. The van der Waals surface area contributed by atoms with Crippen molar-refractivity contribution in [2.75, 3.05) is 36.9 Å². The van der Waals surface area contributed by atoms with Gasteiger partial charge in [-0.25, -0.2) is 9.78 Å². The highest BCUT2D eigenvalue weighted by atomic mass is 16.6. The third-order valence-electron chi connectivity index (χ3n) is 5.15. The number of piperidine rings is 1. The Morgan fingerprint density at radius 1 is 1.33 bits per heavy atom. The Balaban J connectivity index is 1.42. The van der Waals surface area contributed by atoms with Crippen LogP contribution in [0.25, 0.3) is 0 Å². The molecule has 0 spiro atoms. The fourth-order valence-corrected chi connectivity index (χ4v) is 3.61. The van der Waals surface area contributed by atoms with Crippen LogP contribution in [0, 0.1) is 0 Å². The second-order valence-corrected chi connectivity index (χ2v) is 7.15. The molecule has 0 radical (unpaired) electrons. The van der Waals surface area contributed by atoms with Gasteiger partial charge in [0.2, 0.25) is 5.95 Å². The zero-order valence-electron chi connectivity index (χ0n) is 16.2. The van der Waals surface area contributed by atoms with E-state index in [9.17, 15) is 4.79 Å². The van der Waals surface area contributed by atoms with Crippen molar-refractivity contribution in [3.05, 3.63) is 23.9 Å². The number of carbonyl (C=O) groups is 1. The van der Waals surface area contributed by atoms with Crippen LogP contribution in [0.1, 0.15) is 51.9 Å². The Morgan fingerprint density at radius 2 is 2.19 bits per heavy atom. The summed E-state index contributed by atoms with van der Waals surface area (Å²) in [6.45, 7) is 4.55. The van der Waals surface area contributed by atoms with Crippen molar-refractivity contribution >= 4 is 17.9 Å². The number of ether oxygens (including phenoxy) is 1. The molecule has 1 fully saturated rings. The molecular formula is C20H31N5O2. The number of anilines is 2. The van der Waals surface area contributed by atoms with E-state index in [1.807, 2.05) is 13.0 Å². The highest BCUT2D eigenvalue weighted by Crippen LogP contribution is 2.20. The van der Waals surface area contributed by atoms with Crippen LogP contribution < -0.4 is 10.6 Å². The molecule has 0 aromatic carbocycles. The van der Waals surface area contributed by atoms with Gasteiger partial charge in [0.1, 0.15) is 5.82 Å². The molecule has 1 aliphatic heterocycles. The molecule has 0 saturated carbocycles. The molecule has 3 rings (SSSR count). The summed E-state index contributed by atoms with van der Waals surface area (Å²) in [5.74, 6) is 1.50. The minimum absolute atomic E-state index is 0.216. The summed E-state index contributed by atoms with van der Waals surface area (Å²) in [5.41, 5.74) is 1.56. The van der Waals surface area contributed by atoms with Crippen molar-refractivity contribution in [1.29, 1.82) is 0 Å². The van der Waals surface area contributed by atoms with Gasteiger partial charge < -0.3 is 20.3 Å². The van der Waals surface area contributed by atoms with E-state index in [0.717, 1.165) is 31.6 Å². The Bertz CT molecular complexity index is 641. The fourth-order valence-electron chi connectivity index (χ4n) is 3.61. The van der Waals surface area contributed by atoms with Crippen LogP contribution in [0.3, 0.4) is 0 Å². The SMILES string of the molecule is CCOC(=O)N1CCC(Nc2nccc(NCCC3=CCCCC3)n2)CC1. The first kappa shape index (κ1) is 19.5. The number of carbonyl (C=O) groups excluding carboxylic acids is 1. The van der Waals surface area contributed by atoms with Gasteiger partial charge in [0, 0.05) is 31.9 Å². The predicted molar refractivity (Wildman–Crippen MR) is 107 cm³/mol. The maximum absolute atomic E-state index is 11.8.